The molecular weight excluding hydrogens is 346 g/mol. The molecule has 3 aromatic rings. The van der Waals surface area contributed by atoms with E-state index in [-0.39, 0.29) is 0 Å². The Kier molecular flexibility index (Phi) is 4.25. The molecule has 8 heteroatoms. The van der Waals surface area contributed by atoms with Crippen molar-refractivity contribution in [2.24, 2.45) is 0 Å². The van der Waals surface area contributed by atoms with Crippen LogP contribution in [-0.2, 0) is 0 Å². The number of hydrogen-bond acceptors (Lipinski definition) is 7. The Labute approximate surface area is 157 Å². The Balaban J connectivity index is 1.72. The van der Waals surface area contributed by atoms with Gasteiger partial charge in [0.1, 0.15) is 17.7 Å². The number of anilines is 1. The molecule has 0 spiro atoms. The van der Waals surface area contributed by atoms with Crippen LogP contribution in [0.15, 0.2) is 18.5 Å². The zero-order valence-electron chi connectivity index (χ0n) is 16.2. The molecule has 1 saturated heterocycles. The molecule has 142 valence electrons. The lowest BCUT2D eigenvalue weighted by Crippen LogP contribution is -2.49. The van der Waals surface area contributed by atoms with Crippen LogP contribution in [0.2, 0.25) is 0 Å². The van der Waals surface area contributed by atoms with Crippen molar-refractivity contribution in [3.8, 4) is 17.2 Å². The highest BCUT2D eigenvalue weighted by Gasteiger charge is 2.32. The highest BCUT2D eigenvalue weighted by atomic mass is 16.5. The van der Waals surface area contributed by atoms with Crippen molar-refractivity contribution in [2.45, 2.75) is 19.9 Å². The van der Waals surface area contributed by atoms with Crippen molar-refractivity contribution in [1.82, 2.24) is 19.7 Å². The molecule has 0 N–H and O–H groups in total. The second-order valence-corrected chi connectivity index (χ2v) is 6.67. The summed E-state index contributed by atoms with van der Waals surface area (Å²) < 4.78 is 18.6. The zero-order chi connectivity index (χ0) is 19.1. The number of ether oxygens (including phenoxy) is 3. The molecule has 0 bridgehead atoms. The summed E-state index contributed by atoms with van der Waals surface area (Å²) in [4.78, 5) is 11.2. The van der Waals surface area contributed by atoms with Crippen LogP contribution >= 0.6 is 0 Å². The third kappa shape index (κ3) is 2.72. The predicted octanol–water partition coefficient (Wildman–Crippen LogP) is 2.53. The van der Waals surface area contributed by atoms with E-state index < -0.39 is 0 Å². The molecule has 0 radical (unpaired) electrons. The maximum Gasteiger partial charge on any atom is 0.205 e. The molecule has 4 rings (SSSR count). The summed E-state index contributed by atoms with van der Waals surface area (Å²) >= 11 is 0. The summed E-state index contributed by atoms with van der Waals surface area (Å²) in [6, 6.07) is 4.35. The predicted molar refractivity (Wildman–Crippen MR) is 102 cm³/mol. The van der Waals surface area contributed by atoms with Crippen molar-refractivity contribution < 1.29 is 14.2 Å². The molecule has 0 saturated carbocycles. The molecule has 0 unspecified atom stereocenters. The molecule has 1 aliphatic rings. The number of aromatic nitrogens is 4. The van der Waals surface area contributed by atoms with E-state index in [1.165, 1.54) is 5.69 Å². The average Bonchev–Trinajstić information content (AvgIpc) is 2.96. The lowest BCUT2D eigenvalue weighted by molar-refractivity contribution is 0.326. The van der Waals surface area contributed by atoms with Gasteiger partial charge in [-0.15, -0.1) is 0 Å². The minimum Gasteiger partial charge on any atom is -0.493 e. The van der Waals surface area contributed by atoms with Gasteiger partial charge in [0.25, 0.3) is 0 Å². The van der Waals surface area contributed by atoms with E-state index in [9.17, 15) is 0 Å². The first-order valence-corrected chi connectivity index (χ1v) is 8.78. The largest absolute Gasteiger partial charge is 0.493 e. The van der Waals surface area contributed by atoms with Gasteiger partial charge >= 0.3 is 0 Å². The standard InChI is InChI=1S/C19H23N5O3/c1-11-6-12(2)24(22-11)13-8-23(9-13)19-14-7-15(25-3)17(26-4)18(27-5)16(14)20-10-21-19/h6-7,10,13H,8-9H2,1-5H3. The average molecular weight is 369 g/mol. The van der Waals surface area contributed by atoms with Crippen LogP contribution < -0.4 is 19.1 Å². The van der Waals surface area contributed by atoms with E-state index in [2.05, 4.69) is 37.6 Å². The van der Waals surface area contributed by atoms with Gasteiger partial charge in [-0.25, -0.2) is 9.97 Å². The first-order valence-electron chi connectivity index (χ1n) is 8.78. The van der Waals surface area contributed by atoms with Gasteiger partial charge in [-0.2, -0.15) is 5.10 Å². The molecule has 1 aromatic carbocycles. The molecule has 3 heterocycles. The number of fused-ring (bicyclic) bond motifs is 1. The van der Waals surface area contributed by atoms with Crippen molar-refractivity contribution in [2.75, 3.05) is 39.3 Å². The van der Waals surface area contributed by atoms with Crippen LogP contribution in [0.4, 0.5) is 5.82 Å². The topological polar surface area (TPSA) is 74.5 Å². The number of rotatable bonds is 5. The zero-order valence-corrected chi connectivity index (χ0v) is 16.2. The number of aryl methyl sites for hydroxylation is 2. The Bertz CT molecular complexity index is 995. The van der Waals surface area contributed by atoms with Crippen molar-refractivity contribution >= 4 is 16.7 Å². The number of benzene rings is 1. The molecule has 27 heavy (non-hydrogen) atoms. The van der Waals surface area contributed by atoms with Crippen molar-refractivity contribution in [1.29, 1.82) is 0 Å². The van der Waals surface area contributed by atoms with Gasteiger partial charge in [-0.1, -0.05) is 0 Å². The van der Waals surface area contributed by atoms with Crippen molar-refractivity contribution in [3.63, 3.8) is 0 Å². The minimum absolute atomic E-state index is 0.339. The summed E-state index contributed by atoms with van der Waals surface area (Å²) in [5, 5.41) is 5.47. The van der Waals surface area contributed by atoms with E-state index in [4.69, 9.17) is 14.2 Å². The Morgan fingerprint density at radius 1 is 0.963 bits per heavy atom. The normalized spacial score (nSPS) is 14.3. The first-order chi connectivity index (χ1) is 13.1. The minimum atomic E-state index is 0.339. The summed E-state index contributed by atoms with van der Waals surface area (Å²) in [5.41, 5.74) is 2.92. The smallest absolute Gasteiger partial charge is 0.205 e. The van der Waals surface area contributed by atoms with Gasteiger partial charge in [0, 0.05) is 18.8 Å². The first kappa shape index (κ1) is 17.4. The quantitative estimate of drug-likeness (QED) is 0.684. The maximum atomic E-state index is 5.56. The van der Waals surface area contributed by atoms with E-state index in [1.807, 2.05) is 13.0 Å². The maximum absolute atomic E-state index is 5.56. The lowest BCUT2D eigenvalue weighted by atomic mass is 10.1. The van der Waals surface area contributed by atoms with Gasteiger partial charge in [0.15, 0.2) is 11.5 Å². The molecule has 8 nitrogen and oxygen atoms in total. The molecule has 0 aliphatic carbocycles. The molecule has 1 aliphatic heterocycles. The van der Waals surface area contributed by atoms with Crippen LogP contribution in [0.5, 0.6) is 17.2 Å². The lowest BCUT2D eigenvalue weighted by Gasteiger charge is -2.41. The molecule has 0 amide bonds. The summed E-state index contributed by atoms with van der Waals surface area (Å²) in [7, 11) is 4.79. The van der Waals surface area contributed by atoms with Gasteiger partial charge in [0.05, 0.1) is 38.5 Å². The van der Waals surface area contributed by atoms with Gasteiger partial charge < -0.3 is 19.1 Å². The fourth-order valence-electron chi connectivity index (χ4n) is 3.70. The Morgan fingerprint density at radius 3 is 2.30 bits per heavy atom. The Hall–Kier alpha value is -3.03. The molecule has 1 fully saturated rings. The second kappa shape index (κ2) is 6.61. The van der Waals surface area contributed by atoms with E-state index >= 15 is 0 Å². The van der Waals surface area contributed by atoms with Crippen LogP contribution in [0.1, 0.15) is 17.4 Å². The van der Waals surface area contributed by atoms with Crippen LogP contribution in [0.3, 0.4) is 0 Å². The summed E-state index contributed by atoms with van der Waals surface area (Å²) in [6.07, 6.45) is 1.56. The second-order valence-electron chi connectivity index (χ2n) is 6.67. The fourth-order valence-corrected chi connectivity index (χ4v) is 3.70. The molecular formula is C19H23N5O3. The number of methoxy groups -OCH3 is 3. The fraction of sp³-hybridized carbons (Fsp3) is 0.421. The van der Waals surface area contributed by atoms with Gasteiger partial charge in [-0.3, -0.25) is 4.68 Å². The molecule has 0 atom stereocenters. The Morgan fingerprint density at radius 2 is 1.70 bits per heavy atom. The SMILES string of the molecule is COc1cc2c(N3CC(n4nc(C)cc4C)C3)ncnc2c(OC)c1OC. The van der Waals surface area contributed by atoms with E-state index in [1.54, 1.807) is 27.7 Å². The summed E-state index contributed by atoms with van der Waals surface area (Å²) in [5.74, 6) is 2.53. The van der Waals surface area contributed by atoms with Crippen LogP contribution in [0.25, 0.3) is 10.9 Å². The van der Waals surface area contributed by atoms with Crippen LogP contribution in [0, 0.1) is 13.8 Å². The highest BCUT2D eigenvalue weighted by molar-refractivity contribution is 5.97. The molecule has 2 aromatic heterocycles. The van der Waals surface area contributed by atoms with E-state index in [0.717, 1.165) is 30.0 Å². The van der Waals surface area contributed by atoms with Gasteiger partial charge in [0.2, 0.25) is 5.75 Å². The number of nitrogens with zero attached hydrogens (tertiary/aromatic N) is 5. The monoisotopic (exact) mass is 369 g/mol. The third-order valence-corrected chi connectivity index (χ3v) is 4.96. The van der Waals surface area contributed by atoms with Crippen molar-refractivity contribution in [3.05, 3.63) is 29.8 Å². The van der Waals surface area contributed by atoms with Crippen LogP contribution in [-0.4, -0.2) is 54.2 Å². The number of hydrogen-bond donors (Lipinski definition) is 0. The highest BCUT2D eigenvalue weighted by Crippen LogP contribution is 2.45. The van der Waals surface area contributed by atoms with E-state index in [0.29, 0.717) is 28.8 Å². The third-order valence-electron chi connectivity index (χ3n) is 4.96. The van der Waals surface area contributed by atoms with Gasteiger partial charge in [-0.05, 0) is 26.0 Å². The summed E-state index contributed by atoms with van der Waals surface area (Å²) in [6.45, 7) is 5.78.